The number of rotatable bonds is 0. The first-order chi connectivity index (χ1) is 10.7. The third-order valence-electron chi connectivity index (χ3n) is 9.10. The van der Waals surface area contributed by atoms with E-state index >= 15 is 0 Å². The Morgan fingerprint density at radius 2 is 1.77 bits per heavy atom. The molecule has 0 aromatic rings. The van der Waals surface area contributed by atoms with Gasteiger partial charge in [-0.15, -0.1) is 0 Å². The fourth-order valence-corrected chi connectivity index (χ4v) is 8.10. The van der Waals surface area contributed by atoms with Crippen molar-refractivity contribution < 1.29 is 0 Å². The van der Waals surface area contributed by atoms with Gasteiger partial charge in [0.05, 0.1) is 0 Å². The van der Waals surface area contributed by atoms with Crippen molar-refractivity contribution in [3.8, 4) is 0 Å². The molecule has 120 valence electrons. The Labute approximate surface area is 136 Å². The summed E-state index contributed by atoms with van der Waals surface area (Å²) in [6, 6.07) is 0. The van der Waals surface area contributed by atoms with Crippen LogP contribution in [0.25, 0.3) is 0 Å². The molecule has 5 aliphatic rings. The van der Waals surface area contributed by atoms with Crippen LogP contribution in [0.15, 0.2) is 24.3 Å². The predicted octanol–water partition coefficient (Wildman–Crippen LogP) is 6.14. The van der Waals surface area contributed by atoms with Gasteiger partial charge in [0.1, 0.15) is 0 Å². The van der Waals surface area contributed by atoms with Gasteiger partial charge in [0.15, 0.2) is 0 Å². The molecule has 1 spiro atoms. The van der Waals surface area contributed by atoms with Gasteiger partial charge >= 0.3 is 0 Å². The Hall–Kier alpha value is -0.520. The van der Waals surface area contributed by atoms with E-state index in [0.29, 0.717) is 10.8 Å². The van der Waals surface area contributed by atoms with Gasteiger partial charge in [-0.2, -0.15) is 0 Å². The van der Waals surface area contributed by atoms with Gasteiger partial charge < -0.3 is 0 Å². The van der Waals surface area contributed by atoms with Crippen LogP contribution in [0.4, 0.5) is 0 Å². The number of hydrogen-bond acceptors (Lipinski definition) is 0. The summed E-state index contributed by atoms with van der Waals surface area (Å²) in [5.74, 6) is 5.06. The molecule has 0 nitrogen and oxygen atoms in total. The molecule has 0 aromatic heterocycles. The molecule has 0 bridgehead atoms. The van der Waals surface area contributed by atoms with E-state index in [1.54, 1.807) is 19.3 Å². The Morgan fingerprint density at radius 1 is 0.818 bits per heavy atom. The first-order valence-electron chi connectivity index (χ1n) is 10.1. The standard InChI is InChI=1S/C22H32/c1-21-13-4-2-6-16(21)8-10-18-19(21)12-15-22-14-5-3-7-17(22)9-11-20(18)22/h3,5,7,14,16-20H,2,4,6,8-13,15H2,1H3/t16-,17+,18?,19?,20?,21+,22-/m1/s1. The minimum Gasteiger partial charge on any atom is -0.0806 e. The Bertz CT molecular complexity index is 514. The van der Waals surface area contributed by atoms with Crippen LogP contribution in [-0.2, 0) is 0 Å². The molecule has 0 heteroatoms. The molecule has 4 saturated carbocycles. The smallest absolute Gasteiger partial charge is 0.00212 e. The number of fused-ring (bicyclic) bond motifs is 4. The second-order valence-electron chi connectivity index (χ2n) is 9.48. The molecule has 0 aromatic carbocycles. The third-order valence-corrected chi connectivity index (χ3v) is 9.10. The Morgan fingerprint density at radius 3 is 2.73 bits per heavy atom. The fourth-order valence-electron chi connectivity index (χ4n) is 8.10. The minimum atomic E-state index is 0.577. The largest absolute Gasteiger partial charge is 0.0806 e. The van der Waals surface area contributed by atoms with E-state index < -0.39 is 0 Å². The molecule has 0 aliphatic heterocycles. The highest BCUT2D eigenvalue weighted by Crippen LogP contribution is 2.68. The maximum atomic E-state index is 2.70. The quantitative estimate of drug-likeness (QED) is 0.503. The van der Waals surface area contributed by atoms with Crippen molar-refractivity contribution in [3.63, 3.8) is 0 Å². The van der Waals surface area contributed by atoms with Crippen LogP contribution in [0, 0.1) is 40.4 Å². The third kappa shape index (κ3) is 1.65. The molecule has 0 amide bonds. The van der Waals surface area contributed by atoms with Crippen LogP contribution in [0.2, 0.25) is 0 Å². The Balaban J connectivity index is 1.50. The maximum Gasteiger partial charge on any atom is -0.00212 e. The molecule has 0 N–H and O–H groups in total. The number of hydrogen-bond donors (Lipinski definition) is 0. The minimum absolute atomic E-state index is 0.577. The lowest BCUT2D eigenvalue weighted by atomic mass is 9.44. The van der Waals surface area contributed by atoms with E-state index in [9.17, 15) is 0 Å². The normalized spacial score (nSPS) is 56.0. The van der Waals surface area contributed by atoms with Gasteiger partial charge in [-0.1, -0.05) is 44.1 Å². The zero-order chi connectivity index (χ0) is 14.8. The summed E-state index contributed by atoms with van der Waals surface area (Å²) < 4.78 is 0. The summed E-state index contributed by atoms with van der Waals surface area (Å²) in [5.41, 5.74) is 1.28. The molecule has 0 saturated heterocycles. The Kier molecular flexibility index (Phi) is 2.99. The highest BCUT2D eigenvalue weighted by atomic mass is 14.6. The van der Waals surface area contributed by atoms with Crippen LogP contribution in [0.1, 0.15) is 71.1 Å². The van der Waals surface area contributed by atoms with E-state index in [4.69, 9.17) is 0 Å². The SMILES string of the molecule is C[C@]12CCCC[C@@H]1CCC1C3CC[C@@H]4C=CC=C[C@]34CCC12. The van der Waals surface area contributed by atoms with Gasteiger partial charge in [-0.3, -0.25) is 0 Å². The van der Waals surface area contributed by atoms with Gasteiger partial charge in [0.25, 0.3) is 0 Å². The molecular formula is C22H32. The lowest BCUT2D eigenvalue weighted by Crippen LogP contribution is -2.53. The molecule has 0 heterocycles. The zero-order valence-corrected chi connectivity index (χ0v) is 14.3. The van der Waals surface area contributed by atoms with Crippen LogP contribution in [0.3, 0.4) is 0 Å². The highest BCUT2D eigenvalue weighted by Gasteiger charge is 2.60. The van der Waals surface area contributed by atoms with Gasteiger partial charge in [-0.05, 0) is 91.8 Å². The maximum absolute atomic E-state index is 2.70. The van der Waals surface area contributed by atoms with Crippen LogP contribution < -0.4 is 0 Å². The highest BCUT2D eigenvalue weighted by molar-refractivity contribution is 5.26. The molecule has 5 aliphatic carbocycles. The molecule has 22 heavy (non-hydrogen) atoms. The average molecular weight is 296 g/mol. The molecule has 3 unspecified atom stereocenters. The predicted molar refractivity (Wildman–Crippen MR) is 92.4 cm³/mol. The van der Waals surface area contributed by atoms with Crippen LogP contribution in [0.5, 0.6) is 0 Å². The molecule has 5 rings (SSSR count). The number of allylic oxidation sites excluding steroid dienone is 4. The lowest BCUT2D eigenvalue weighted by Gasteiger charge is -2.60. The monoisotopic (exact) mass is 296 g/mol. The van der Waals surface area contributed by atoms with Crippen molar-refractivity contribution in [3.05, 3.63) is 24.3 Å². The van der Waals surface area contributed by atoms with Crippen molar-refractivity contribution in [2.45, 2.75) is 71.1 Å². The van der Waals surface area contributed by atoms with Crippen molar-refractivity contribution in [2.24, 2.45) is 40.4 Å². The van der Waals surface area contributed by atoms with Crippen molar-refractivity contribution in [1.82, 2.24) is 0 Å². The van der Waals surface area contributed by atoms with Gasteiger partial charge in [0.2, 0.25) is 0 Å². The summed E-state index contributed by atoms with van der Waals surface area (Å²) in [7, 11) is 0. The first-order valence-corrected chi connectivity index (χ1v) is 10.1. The summed E-state index contributed by atoms with van der Waals surface area (Å²) >= 11 is 0. The topological polar surface area (TPSA) is 0 Å². The molecule has 0 radical (unpaired) electrons. The second kappa shape index (κ2) is 4.74. The van der Waals surface area contributed by atoms with Crippen molar-refractivity contribution >= 4 is 0 Å². The van der Waals surface area contributed by atoms with Gasteiger partial charge in [0, 0.05) is 0 Å². The van der Waals surface area contributed by atoms with Crippen molar-refractivity contribution in [2.75, 3.05) is 0 Å². The molecular weight excluding hydrogens is 264 g/mol. The summed E-state index contributed by atoms with van der Waals surface area (Å²) in [5, 5.41) is 0. The van der Waals surface area contributed by atoms with E-state index in [1.165, 1.54) is 44.9 Å². The first kappa shape index (κ1) is 13.9. The summed E-state index contributed by atoms with van der Waals surface area (Å²) in [6.45, 7) is 2.70. The van der Waals surface area contributed by atoms with Crippen LogP contribution >= 0.6 is 0 Å². The molecule has 4 fully saturated rings. The summed E-state index contributed by atoms with van der Waals surface area (Å²) in [6.07, 6.45) is 25.1. The van der Waals surface area contributed by atoms with Crippen molar-refractivity contribution in [1.29, 1.82) is 0 Å². The average Bonchev–Trinajstić information content (AvgIpc) is 2.94. The van der Waals surface area contributed by atoms with E-state index in [1.807, 2.05) is 0 Å². The van der Waals surface area contributed by atoms with E-state index in [-0.39, 0.29) is 0 Å². The van der Waals surface area contributed by atoms with E-state index in [0.717, 1.165) is 29.6 Å². The second-order valence-corrected chi connectivity index (χ2v) is 9.48. The zero-order valence-electron chi connectivity index (χ0n) is 14.3. The lowest BCUT2D eigenvalue weighted by molar-refractivity contribution is -0.101. The summed E-state index contributed by atoms with van der Waals surface area (Å²) in [4.78, 5) is 0. The fraction of sp³-hybridized carbons (Fsp3) is 0.818. The molecule has 7 atom stereocenters. The van der Waals surface area contributed by atoms with E-state index in [2.05, 4.69) is 31.2 Å². The van der Waals surface area contributed by atoms with Gasteiger partial charge in [-0.25, -0.2) is 0 Å². The van der Waals surface area contributed by atoms with Crippen LogP contribution in [-0.4, -0.2) is 0 Å².